The van der Waals surface area contributed by atoms with Crippen molar-refractivity contribution in [3.05, 3.63) is 203 Å². The fraction of sp³-hybridized carbons (Fsp3) is 0.0943. The van der Waals surface area contributed by atoms with E-state index in [1.54, 1.807) is 0 Å². The van der Waals surface area contributed by atoms with Crippen molar-refractivity contribution in [2.24, 2.45) is 5.92 Å². The fourth-order valence-corrected chi connectivity index (χ4v) is 12.8. The molecule has 0 N–H and O–H groups in total. The lowest BCUT2D eigenvalue weighted by molar-refractivity contribution is 0.424. The van der Waals surface area contributed by atoms with Gasteiger partial charge in [0, 0.05) is 79.8 Å². The Balaban J connectivity index is 0.984. The lowest BCUT2D eigenvalue weighted by atomic mass is 9.68. The van der Waals surface area contributed by atoms with Gasteiger partial charge in [-0.05, 0) is 81.4 Å². The molecule has 3 aromatic heterocycles. The normalized spacial score (nSPS) is 21.3. The average Bonchev–Trinajstić information content (AvgIpc) is 3.46. The van der Waals surface area contributed by atoms with Crippen LogP contribution in [0.4, 0.5) is 0 Å². The lowest BCUT2D eigenvalue weighted by Crippen LogP contribution is -2.30. The molecule has 3 heterocycles. The lowest BCUT2D eigenvalue weighted by Gasteiger charge is -2.34. The predicted molar refractivity (Wildman–Crippen MR) is 239 cm³/mol. The van der Waals surface area contributed by atoms with Gasteiger partial charge in [-0.2, -0.15) is 0 Å². The second-order valence-electron chi connectivity index (χ2n) is 16.0. The standard InChI is InChI=1S/C53H34OS2/c1-53(41-16-6-2-11-33(41)34-12-3-7-17-42(34)53)43-18-10-15-39-35-24-21-31(28-44(35)54-52(39)43)50-49(30-23-26-47-40(27-30)37-14-5-9-20-46(37)55-47)51(50)32-22-25-38-36-13-4-8-19-45(36)56-48(38)29-32/h2-29,33,41,49H,1H3. The molecule has 3 aliphatic carbocycles. The molecule has 0 radical (unpaired) electrons. The highest BCUT2D eigenvalue weighted by molar-refractivity contribution is 7.26. The quantitative estimate of drug-likeness (QED) is 0.175. The number of benzene rings is 7. The van der Waals surface area contributed by atoms with Crippen LogP contribution in [0.3, 0.4) is 0 Å². The third-order valence-electron chi connectivity index (χ3n) is 13.3. The molecule has 3 aliphatic rings. The van der Waals surface area contributed by atoms with Gasteiger partial charge in [0.25, 0.3) is 0 Å². The summed E-state index contributed by atoms with van der Waals surface area (Å²) >= 11 is 3.78. The summed E-state index contributed by atoms with van der Waals surface area (Å²) in [5.41, 5.74) is 12.6. The number of para-hydroxylation sites is 1. The molecule has 264 valence electrons. The second kappa shape index (κ2) is 11.3. The first kappa shape index (κ1) is 31.2. The van der Waals surface area contributed by atoms with Gasteiger partial charge < -0.3 is 4.42 Å². The van der Waals surface area contributed by atoms with Gasteiger partial charge in [-0.25, -0.2) is 0 Å². The number of hydrogen-bond acceptors (Lipinski definition) is 3. The maximum atomic E-state index is 7.08. The van der Waals surface area contributed by atoms with Crippen LogP contribution in [0.5, 0.6) is 0 Å². The molecule has 0 aliphatic heterocycles. The number of allylic oxidation sites excluding steroid dienone is 6. The van der Waals surface area contributed by atoms with Gasteiger partial charge in [0.2, 0.25) is 0 Å². The van der Waals surface area contributed by atoms with Crippen LogP contribution in [0, 0.1) is 5.92 Å². The summed E-state index contributed by atoms with van der Waals surface area (Å²) in [7, 11) is 0. The Kier molecular flexibility index (Phi) is 6.30. The Labute approximate surface area is 332 Å². The van der Waals surface area contributed by atoms with Crippen LogP contribution < -0.4 is 0 Å². The molecule has 0 saturated carbocycles. The topological polar surface area (TPSA) is 13.1 Å². The van der Waals surface area contributed by atoms with Crippen LogP contribution in [0.2, 0.25) is 0 Å². The number of fused-ring (bicyclic) bond motifs is 12. The van der Waals surface area contributed by atoms with Crippen LogP contribution in [-0.4, -0.2) is 0 Å². The van der Waals surface area contributed by atoms with Gasteiger partial charge in [-0.15, -0.1) is 22.7 Å². The van der Waals surface area contributed by atoms with E-state index in [1.807, 2.05) is 22.7 Å². The van der Waals surface area contributed by atoms with Crippen LogP contribution in [0.15, 0.2) is 174 Å². The van der Waals surface area contributed by atoms with Crippen molar-refractivity contribution in [3.63, 3.8) is 0 Å². The summed E-state index contributed by atoms with van der Waals surface area (Å²) in [6, 6.07) is 54.7. The van der Waals surface area contributed by atoms with E-state index in [9.17, 15) is 0 Å². The molecule has 4 atom stereocenters. The maximum absolute atomic E-state index is 7.08. The van der Waals surface area contributed by atoms with E-state index in [4.69, 9.17) is 4.42 Å². The van der Waals surface area contributed by atoms with Crippen molar-refractivity contribution in [2.45, 2.75) is 24.2 Å². The first-order chi connectivity index (χ1) is 27.6. The predicted octanol–water partition coefficient (Wildman–Crippen LogP) is 15.2. The Morgan fingerprint density at radius 2 is 1.14 bits per heavy atom. The third-order valence-corrected chi connectivity index (χ3v) is 15.5. The Morgan fingerprint density at radius 1 is 0.500 bits per heavy atom. The van der Waals surface area contributed by atoms with E-state index in [0.717, 1.165) is 11.2 Å². The van der Waals surface area contributed by atoms with E-state index < -0.39 is 0 Å². The molecular formula is C53H34OS2. The van der Waals surface area contributed by atoms with Crippen molar-refractivity contribution >= 4 is 96.1 Å². The van der Waals surface area contributed by atoms with Gasteiger partial charge in [0.1, 0.15) is 11.2 Å². The van der Waals surface area contributed by atoms with Crippen molar-refractivity contribution in [3.8, 4) is 0 Å². The number of hydrogen-bond donors (Lipinski definition) is 0. The van der Waals surface area contributed by atoms with Crippen LogP contribution >= 0.6 is 22.7 Å². The third kappa shape index (κ3) is 4.19. The van der Waals surface area contributed by atoms with Gasteiger partial charge in [-0.1, -0.05) is 134 Å². The molecule has 0 amide bonds. The minimum absolute atomic E-state index is 0.208. The van der Waals surface area contributed by atoms with Crippen molar-refractivity contribution in [1.29, 1.82) is 0 Å². The molecule has 3 heteroatoms. The molecule has 0 spiro atoms. The second-order valence-corrected chi connectivity index (χ2v) is 18.2. The average molecular weight is 751 g/mol. The first-order valence-electron chi connectivity index (χ1n) is 19.6. The number of furan rings is 1. The van der Waals surface area contributed by atoms with E-state index in [0.29, 0.717) is 11.8 Å². The monoisotopic (exact) mass is 750 g/mol. The van der Waals surface area contributed by atoms with Gasteiger partial charge in [0.05, 0.1) is 0 Å². The van der Waals surface area contributed by atoms with Crippen molar-refractivity contribution in [2.75, 3.05) is 0 Å². The molecule has 10 aromatic rings. The van der Waals surface area contributed by atoms with E-state index in [-0.39, 0.29) is 11.3 Å². The largest absolute Gasteiger partial charge is 0.456 e. The molecule has 1 nitrogen and oxygen atoms in total. The molecule has 56 heavy (non-hydrogen) atoms. The minimum Gasteiger partial charge on any atom is -0.456 e. The molecule has 4 unspecified atom stereocenters. The van der Waals surface area contributed by atoms with Crippen LogP contribution in [0.25, 0.3) is 73.4 Å². The highest BCUT2D eigenvalue weighted by Gasteiger charge is 2.49. The summed E-state index contributed by atoms with van der Waals surface area (Å²) in [5.74, 6) is 0.900. The molecule has 13 rings (SSSR count). The summed E-state index contributed by atoms with van der Waals surface area (Å²) in [4.78, 5) is 0. The number of rotatable bonds is 4. The fourth-order valence-electron chi connectivity index (χ4n) is 10.6. The molecular weight excluding hydrogens is 717 g/mol. The Hall–Kier alpha value is -6.00. The van der Waals surface area contributed by atoms with Crippen molar-refractivity contribution < 1.29 is 4.42 Å². The highest BCUT2D eigenvalue weighted by atomic mass is 32.1. The summed E-state index contributed by atoms with van der Waals surface area (Å²) < 4.78 is 12.4. The molecule has 0 saturated heterocycles. The van der Waals surface area contributed by atoms with E-state index >= 15 is 0 Å². The van der Waals surface area contributed by atoms with Gasteiger partial charge in [-0.3, -0.25) is 0 Å². The highest BCUT2D eigenvalue weighted by Crippen LogP contribution is 2.61. The zero-order chi connectivity index (χ0) is 36.7. The zero-order valence-corrected chi connectivity index (χ0v) is 32.3. The minimum atomic E-state index is -0.217. The van der Waals surface area contributed by atoms with E-state index in [1.165, 1.54) is 95.6 Å². The summed E-state index contributed by atoms with van der Waals surface area (Å²) in [5, 5.41) is 7.73. The van der Waals surface area contributed by atoms with Gasteiger partial charge in [0.15, 0.2) is 0 Å². The Morgan fingerprint density at radius 3 is 2.00 bits per heavy atom. The molecule has 0 fully saturated rings. The van der Waals surface area contributed by atoms with Crippen LogP contribution in [0.1, 0.15) is 52.1 Å². The Bertz CT molecular complexity index is 3420. The maximum Gasteiger partial charge on any atom is 0.139 e. The molecule has 0 bridgehead atoms. The van der Waals surface area contributed by atoms with E-state index in [2.05, 4.69) is 177 Å². The zero-order valence-electron chi connectivity index (χ0n) is 30.6. The summed E-state index contributed by atoms with van der Waals surface area (Å²) in [6.07, 6.45) is 9.24. The van der Waals surface area contributed by atoms with Crippen LogP contribution in [-0.2, 0) is 5.41 Å². The SMILES string of the molecule is CC1(c2cccc3c2oc2cc(C4=C(c5ccc6c(c5)sc5ccccc56)C4c4ccc5sc6ccccc6c5c4)ccc23)c2ccccc2C2C=CC=CC21. The molecule has 7 aromatic carbocycles. The number of thiophene rings is 2. The van der Waals surface area contributed by atoms with Crippen molar-refractivity contribution in [1.82, 2.24) is 0 Å². The summed E-state index contributed by atoms with van der Waals surface area (Å²) in [6.45, 7) is 2.43. The first-order valence-corrected chi connectivity index (χ1v) is 21.2. The smallest absolute Gasteiger partial charge is 0.139 e. The van der Waals surface area contributed by atoms with Gasteiger partial charge >= 0.3 is 0 Å².